The second-order valence-corrected chi connectivity index (χ2v) is 12.0. The molecule has 0 saturated heterocycles. The quantitative estimate of drug-likeness (QED) is 0.293. The van der Waals surface area contributed by atoms with Crippen molar-refractivity contribution in [3.63, 3.8) is 0 Å². The van der Waals surface area contributed by atoms with Crippen LogP contribution in [-0.2, 0) is 26.2 Å². The number of carbonyl (C=O) groups is 2. The van der Waals surface area contributed by atoms with Crippen molar-refractivity contribution in [3.05, 3.63) is 88.4 Å². The van der Waals surface area contributed by atoms with Gasteiger partial charge in [-0.15, -0.1) is 0 Å². The Morgan fingerprint density at radius 2 is 1.62 bits per heavy atom. The van der Waals surface area contributed by atoms with Crippen molar-refractivity contribution in [2.75, 3.05) is 18.0 Å². The van der Waals surface area contributed by atoms with Gasteiger partial charge in [0.25, 0.3) is 10.0 Å². The zero-order valence-corrected chi connectivity index (χ0v) is 25.1. The molecule has 0 unspecified atom stereocenters. The van der Waals surface area contributed by atoms with Gasteiger partial charge in [-0.3, -0.25) is 13.9 Å². The van der Waals surface area contributed by atoms with E-state index in [9.17, 15) is 18.0 Å². The molecule has 2 amide bonds. The highest BCUT2D eigenvalue weighted by Gasteiger charge is 2.33. The number of para-hydroxylation sites is 1. The first kappa shape index (κ1) is 31.3. The van der Waals surface area contributed by atoms with Crippen LogP contribution in [0.3, 0.4) is 0 Å². The van der Waals surface area contributed by atoms with Crippen LogP contribution in [0, 0.1) is 0 Å². The lowest BCUT2D eigenvalue weighted by atomic mass is 10.1. The summed E-state index contributed by atoms with van der Waals surface area (Å²) in [5.41, 5.74) is 0.861. The second kappa shape index (κ2) is 13.9. The third-order valence-electron chi connectivity index (χ3n) is 6.49. The summed E-state index contributed by atoms with van der Waals surface area (Å²) >= 11 is 12.5. The molecule has 0 spiro atoms. The molecule has 0 bridgehead atoms. The van der Waals surface area contributed by atoms with Crippen molar-refractivity contribution in [1.29, 1.82) is 0 Å². The maximum atomic E-state index is 13.9. The molecule has 11 heteroatoms. The standard InChI is InChI=1S/C29H33Cl2N3O5S/c1-5-20(2)32-29(36)21(3)33(18-22-11-12-23(30)17-27(22)31)28(35)19-34(24-9-7-6-8-10-24)40(37,38)26-15-13-25(39-4)14-16-26/h6-17,20-21H,5,18-19H2,1-4H3,(H,32,36)/t20-,21+/m1/s1. The third-order valence-corrected chi connectivity index (χ3v) is 8.87. The zero-order chi connectivity index (χ0) is 29.4. The summed E-state index contributed by atoms with van der Waals surface area (Å²) in [5, 5.41) is 3.65. The van der Waals surface area contributed by atoms with E-state index in [1.165, 1.54) is 36.3 Å². The average Bonchev–Trinajstić information content (AvgIpc) is 2.95. The van der Waals surface area contributed by atoms with Crippen LogP contribution >= 0.6 is 23.2 Å². The molecule has 0 aliphatic heterocycles. The fourth-order valence-corrected chi connectivity index (χ4v) is 5.76. The number of hydrogen-bond donors (Lipinski definition) is 1. The van der Waals surface area contributed by atoms with E-state index in [0.29, 0.717) is 33.5 Å². The van der Waals surface area contributed by atoms with Crippen LogP contribution in [0.2, 0.25) is 10.0 Å². The van der Waals surface area contributed by atoms with E-state index in [1.807, 2.05) is 13.8 Å². The molecule has 0 aliphatic rings. The molecule has 0 fully saturated rings. The number of nitrogens with one attached hydrogen (secondary N) is 1. The summed E-state index contributed by atoms with van der Waals surface area (Å²) in [4.78, 5) is 28.4. The van der Waals surface area contributed by atoms with Gasteiger partial charge in [0.1, 0.15) is 18.3 Å². The maximum absolute atomic E-state index is 13.9. The summed E-state index contributed by atoms with van der Waals surface area (Å²) in [6.07, 6.45) is 0.706. The van der Waals surface area contributed by atoms with Gasteiger partial charge in [0.2, 0.25) is 11.8 Å². The van der Waals surface area contributed by atoms with Crippen molar-refractivity contribution in [3.8, 4) is 5.75 Å². The molecule has 0 aromatic heterocycles. The van der Waals surface area contributed by atoms with Gasteiger partial charge in [0.05, 0.1) is 17.7 Å². The smallest absolute Gasteiger partial charge is 0.264 e. The Morgan fingerprint density at radius 1 is 0.975 bits per heavy atom. The van der Waals surface area contributed by atoms with E-state index in [0.717, 1.165) is 4.31 Å². The van der Waals surface area contributed by atoms with E-state index in [2.05, 4.69) is 5.32 Å². The predicted molar refractivity (Wildman–Crippen MR) is 158 cm³/mol. The van der Waals surface area contributed by atoms with Crippen molar-refractivity contribution in [1.82, 2.24) is 10.2 Å². The number of halogens is 2. The third kappa shape index (κ3) is 7.68. The number of ether oxygens (including phenoxy) is 1. The maximum Gasteiger partial charge on any atom is 0.264 e. The van der Waals surface area contributed by atoms with E-state index in [1.54, 1.807) is 55.5 Å². The van der Waals surface area contributed by atoms with Crippen molar-refractivity contribution >= 4 is 50.7 Å². The number of benzene rings is 3. The minimum Gasteiger partial charge on any atom is -0.497 e. The highest BCUT2D eigenvalue weighted by atomic mass is 35.5. The number of methoxy groups -OCH3 is 1. The topological polar surface area (TPSA) is 96.0 Å². The van der Waals surface area contributed by atoms with Gasteiger partial charge in [-0.25, -0.2) is 8.42 Å². The lowest BCUT2D eigenvalue weighted by Crippen LogP contribution is -2.52. The van der Waals surface area contributed by atoms with Gasteiger partial charge >= 0.3 is 0 Å². The van der Waals surface area contributed by atoms with E-state index < -0.39 is 28.5 Å². The summed E-state index contributed by atoms with van der Waals surface area (Å²) < 4.78 is 33.8. The second-order valence-electron chi connectivity index (χ2n) is 9.27. The number of hydrogen-bond acceptors (Lipinski definition) is 5. The van der Waals surface area contributed by atoms with Crippen LogP contribution < -0.4 is 14.4 Å². The summed E-state index contributed by atoms with van der Waals surface area (Å²) in [6.45, 7) is 4.82. The Kier molecular flexibility index (Phi) is 10.8. The van der Waals surface area contributed by atoms with Crippen molar-refractivity contribution in [2.45, 2.75) is 50.7 Å². The Bertz CT molecular complexity index is 1420. The highest BCUT2D eigenvalue weighted by Crippen LogP contribution is 2.27. The SMILES string of the molecule is CC[C@@H](C)NC(=O)[C@H](C)N(Cc1ccc(Cl)cc1Cl)C(=O)CN(c1ccccc1)S(=O)(=O)c1ccc(OC)cc1. The van der Waals surface area contributed by atoms with E-state index in [-0.39, 0.29) is 23.4 Å². The van der Waals surface area contributed by atoms with Crippen LogP contribution in [0.5, 0.6) is 5.75 Å². The Labute approximate surface area is 245 Å². The first-order chi connectivity index (χ1) is 19.0. The van der Waals surface area contributed by atoms with Crippen LogP contribution in [0.25, 0.3) is 0 Å². The van der Waals surface area contributed by atoms with E-state index in [4.69, 9.17) is 27.9 Å². The molecule has 214 valence electrons. The molecule has 0 radical (unpaired) electrons. The summed E-state index contributed by atoms with van der Waals surface area (Å²) in [5.74, 6) is -0.454. The van der Waals surface area contributed by atoms with Gasteiger partial charge in [-0.1, -0.05) is 54.4 Å². The van der Waals surface area contributed by atoms with Gasteiger partial charge in [-0.2, -0.15) is 0 Å². The molecule has 8 nitrogen and oxygen atoms in total. The van der Waals surface area contributed by atoms with Crippen LogP contribution in [0.4, 0.5) is 5.69 Å². The fraction of sp³-hybridized carbons (Fsp3) is 0.310. The molecular formula is C29H33Cl2N3O5S. The lowest BCUT2D eigenvalue weighted by molar-refractivity contribution is -0.139. The number of nitrogens with zero attached hydrogens (tertiary/aromatic N) is 2. The first-order valence-electron chi connectivity index (χ1n) is 12.7. The Morgan fingerprint density at radius 3 is 2.20 bits per heavy atom. The lowest BCUT2D eigenvalue weighted by Gasteiger charge is -2.32. The highest BCUT2D eigenvalue weighted by molar-refractivity contribution is 7.92. The molecule has 0 saturated carbocycles. The zero-order valence-electron chi connectivity index (χ0n) is 22.8. The first-order valence-corrected chi connectivity index (χ1v) is 14.9. The van der Waals surface area contributed by atoms with Gasteiger partial charge < -0.3 is 15.0 Å². The molecule has 0 aliphatic carbocycles. The Balaban J connectivity index is 2.02. The van der Waals surface area contributed by atoms with Crippen LogP contribution in [0.1, 0.15) is 32.8 Å². The molecular weight excluding hydrogens is 573 g/mol. The van der Waals surface area contributed by atoms with Crippen molar-refractivity contribution < 1.29 is 22.7 Å². The summed E-state index contributed by atoms with van der Waals surface area (Å²) in [6, 6.07) is 18.1. The molecule has 0 heterocycles. The van der Waals surface area contributed by atoms with Gasteiger partial charge in [0.15, 0.2) is 0 Å². The van der Waals surface area contributed by atoms with Gasteiger partial charge in [0, 0.05) is 22.6 Å². The molecule has 3 aromatic carbocycles. The van der Waals surface area contributed by atoms with Crippen LogP contribution in [-0.4, -0.2) is 50.9 Å². The minimum atomic E-state index is -4.18. The number of rotatable bonds is 12. The van der Waals surface area contributed by atoms with Gasteiger partial charge in [-0.05, 0) is 74.4 Å². The molecule has 3 rings (SSSR count). The Hall–Kier alpha value is -3.27. The number of amides is 2. The number of sulfonamides is 1. The monoisotopic (exact) mass is 605 g/mol. The molecule has 1 N–H and O–H groups in total. The van der Waals surface area contributed by atoms with E-state index >= 15 is 0 Å². The molecule has 40 heavy (non-hydrogen) atoms. The largest absolute Gasteiger partial charge is 0.497 e. The number of carbonyl (C=O) groups excluding carboxylic acids is 2. The van der Waals surface area contributed by atoms with Crippen molar-refractivity contribution in [2.24, 2.45) is 0 Å². The van der Waals surface area contributed by atoms with Crippen LogP contribution in [0.15, 0.2) is 77.7 Å². The number of anilines is 1. The predicted octanol–water partition coefficient (Wildman–Crippen LogP) is 5.53. The summed E-state index contributed by atoms with van der Waals surface area (Å²) in [7, 11) is -2.69. The minimum absolute atomic E-state index is 0.0141. The molecule has 2 atom stereocenters. The normalized spacial score (nSPS) is 12.8. The fourth-order valence-electron chi connectivity index (χ4n) is 3.88. The molecule has 3 aromatic rings. The average molecular weight is 607 g/mol.